The summed E-state index contributed by atoms with van der Waals surface area (Å²) in [7, 11) is 2.41. The van der Waals surface area contributed by atoms with Crippen LogP contribution in [0.4, 0.5) is 15.4 Å². The molecular weight excluding hydrogens is 1730 g/mol. The molecule has 36 nitrogen and oxygen atoms in total. The normalized spacial score (nSPS) is 26.6. The number of rotatable bonds is 23. The Balaban J connectivity index is 0.000000304. The Morgan fingerprint density at radius 2 is 1.04 bits per heavy atom. The van der Waals surface area contributed by atoms with Crippen molar-refractivity contribution in [3.05, 3.63) is 16.7 Å². The number of amides is 2. The highest BCUT2D eigenvalue weighted by atomic mass is 32.2. The molecule has 8 heterocycles. The molecule has 1 aromatic heterocycles. The number of likely N-dealkylation sites (tertiary alicyclic amines) is 2. The number of aliphatic carboxylic acids is 1. The van der Waals surface area contributed by atoms with Crippen LogP contribution in [0.3, 0.4) is 0 Å². The van der Waals surface area contributed by atoms with Crippen molar-refractivity contribution in [2.24, 2.45) is 35.5 Å². The van der Waals surface area contributed by atoms with E-state index < -0.39 is 101 Å². The molecule has 0 bridgehead atoms. The summed E-state index contributed by atoms with van der Waals surface area (Å²) in [5.41, 5.74) is 1.75. The summed E-state index contributed by atoms with van der Waals surface area (Å²) in [6.07, 6.45) is 7.23. The van der Waals surface area contributed by atoms with Gasteiger partial charge in [-0.15, -0.1) is 47.0 Å². The molecular formula is C78H126N5O31PS6. The van der Waals surface area contributed by atoms with Gasteiger partial charge in [0.2, 0.25) is 18.0 Å². The van der Waals surface area contributed by atoms with Crippen LogP contribution in [0.15, 0.2) is 11.0 Å². The summed E-state index contributed by atoms with van der Waals surface area (Å²) in [5, 5.41) is 17.2. The minimum absolute atomic E-state index is 0.00735. The zero-order valence-electron chi connectivity index (χ0n) is 72.2. The Morgan fingerprint density at radius 1 is 0.595 bits per heavy atom. The fourth-order valence-corrected chi connectivity index (χ4v) is 17.0. The second-order valence-corrected chi connectivity index (χ2v) is 38.3. The molecule has 17 atom stereocenters. The van der Waals surface area contributed by atoms with Crippen LogP contribution >= 0.6 is 80.7 Å². The number of hydrogen-bond donors (Lipinski definition) is 4. The lowest BCUT2D eigenvalue weighted by molar-refractivity contribution is -0.202. The number of nitrogens with zero attached hydrogens (tertiary/aromatic N) is 4. The molecule has 7 saturated heterocycles. The molecule has 1 aromatic rings. The van der Waals surface area contributed by atoms with E-state index in [1.165, 1.54) is 107 Å². The van der Waals surface area contributed by atoms with Gasteiger partial charge in [0.1, 0.15) is 83.7 Å². The maximum Gasteiger partial charge on any atom is 0.411 e. The van der Waals surface area contributed by atoms with Crippen molar-refractivity contribution in [3.63, 3.8) is 0 Å². The van der Waals surface area contributed by atoms with Gasteiger partial charge >= 0.3 is 77.6 Å². The van der Waals surface area contributed by atoms with Crippen molar-refractivity contribution in [1.29, 1.82) is 0 Å². The number of carboxylic acid groups (broad SMARTS) is 1. The van der Waals surface area contributed by atoms with E-state index in [0.717, 1.165) is 38.5 Å². The average molecular weight is 1850 g/mol. The molecule has 17 unspecified atom stereocenters. The highest BCUT2D eigenvalue weighted by Crippen LogP contribution is 2.39. The summed E-state index contributed by atoms with van der Waals surface area (Å²) in [6, 6.07) is -1.26. The maximum absolute atomic E-state index is 12.3. The number of thioether (sulfide) groups is 5. The second-order valence-electron chi connectivity index (χ2n) is 31.6. The van der Waals surface area contributed by atoms with E-state index in [9.17, 15) is 62.3 Å². The number of aliphatic hydroxyl groups is 1. The van der Waals surface area contributed by atoms with E-state index in [-0.39, 0.29) is 114 Å². The lowest BCUT2D eigenvalue weighted by atomic mass is 9.76. The quantitative estimate of drug-likeness (QED) is 0.0261. The summed E-state index contributed by atoms with van der Waals surface area (Å²) in [6.45, 7) is 33.5. The number of aromatic nitrogens is 2. The maximum atomic E-state index is 12.3. The minimum Gasteiger partial charge on any atom is -0.481 e. The topological polar surface area (TPSA) is 460 Å². The summed E-state index contributed by atoms with van der Waals surface area (Å²) in [4.78, 5) is 154. The van der Waals surface area contributed by atoms with Crippen molar-refractivity contribution >= 4 is 164 Å². The first-order valence-electron chi connectivity index (χ1n) is 40.3. The zero-order chi connectivity index (χ0) is 90.6. The van der Waals surface area contributed by atoms with E-state index >= 15 is 0 Å². The molecule has 0 spiro atoms. The minimum atomic E-state index is -0.881. The molecule has 2 amide bonds. The van der Waals surface area contributed by atoms with Gasteiger partial charge in [-0.1, -0.05) is 62.5 Å². The van der Waals surface area contributed by atoms with Gasteiger partial charge in [0.15, 0.2) is 5.44 Å². The molecule has 4 N–H and O–H groups in total. The van der Waals surface area contributed by atoms with E-state index in [1.54, 1.807) is 47.7 Å². The fourth-order valence-electron chi connectivity index (χ4n) is 12.7. The van der Waals surface area contributed by atoms with Crippen LogP contribution in [0.5, 0.6) is 0 Å². The predicted molar refractivity (Wildman–Crippen MR) is 458 cm³/mol. The van der Waals surface area contributed by atoms with Gasteiger partial charge in [-0.3, -0.25) is 43.1 Å². The Morgan fingerprint density at radius 3 is 1.44 bits per heavy atom. The predicted octanol–water partition coefficient (Wildman–Crippen LogP) is 8.88. The molecule has 9 fully saturated rings. The third kappa shape index (κ3) is 40.6. The van der Waals surface area contributed by atoms with E-state index in [4.69, 9.17) is 91.7 Å². The highest BCUT2D eigenvalue weighted by molar-refractivity contribution is 8.01. The summed E-state index contributed by atoms with van der Waals surface area (Å²) < 4.78 is 84.9. The van der Waals surface area contributed by atoms with Gasteiger partial charge in [0.05, 0.1) is 35.4 Å². The van der Waals surface area contributed by atoms with Gasteiger partial charge < -0.3 is 91.7 Å². The van der Waals surface area contributed by atoms with Crippen LogP contribution < -0.4 is 16.7 Å². The van der Waals surface area contributed by atoms with Gasteiger partial charge in [-0.05, 0) is 155 Å². The number of carbonyl (C=O) groups excluding carboxylic acids is 11. The van der Waals surface area contributed by atoms with Gasteiger partial charge in [-0.25, -0.2) is 33.6 Å². The third-order valence-corrected chi connectivity index (χ3v) is 24.8. The molecule has 10 rings (SSSR count). The zero-order valence-corrected chi connectivity index (χ0v) is 78.3. The number of ether oxygens (including phenoxy) is 16. The number of cyclic esters (lactones) is 2. The summed E-state index contributed by atoms with van der Waals surface area (Å²) >= 11 is 10.3. The number of carboxylic acids is 1. The molecule has 121 heavy (non-hydrogen) atoms. The van der Waals surface area contributed by atoms with Crippen molar-refractivity contribution in [2.75, 3.05) is 93.0 Å². The molecule has 9 aliphatic rings. The lowest BCUT2D eigenvalue weighted by Gasteiger charge is -2.36. The van der Waals surface area contributed by atoms with Crippen molar-refractivity contribution in [2.45, 2.75) is 270 Å². The average Bonchev–Trinajstić information content (AvgIpc) is 1.74. The van der Waals surface area contributed by atoms with Crippen LogP contribution in [-0.2, 0) is 124 Å². The number of nitrogens with two attached hydrogens (primary N) is 1. The van der Waals surface area contributed by atoms with E-state index in [2.05, 4.69) is 68.4 Å². The number of carbonyl (C=O) groups is 12. The lowest BCUT2D eigenvalue weighted by Crippen LogP contribution is -2.44. The largest absolute Gasteiger partial charge is 0.481 e. The molecule has 7 aliphatic heterocycles. The monoisotopic (exact) mass is 1850 g/mol. The summed E-state index contributed by atoms with van der Waals surface area (Å²) in [5.74, 6) is 1.28. The van der Waals surface area contributed by atoms with Crippen LogP contribution in [0, 0.1) is 35.5 Å². The van der Waals surface area contributed by atoms with Gasteiger partial charge in [0.25, 0.3) is 6.29 Å². The number of anilines is 1. The molecule has 0 aromatic carbocycles. The van der Waals surface area contributed by atoms with Crippen LogP contribution in [0.25, 0.3) is 0 Å². The van der Waals surface area contributed by atoms with Crippen LogP contribution in [0.1, 0.15) is 188 Å². The molecule has 2 saturated carbocycles. The Hall–Kier alpha value is -5.79. The first-order chi connectivity index (χ1) is 56.8. The number of esters is 9. The fraction of sp³-hybridized carbons (Fsp3) is 0.795. The molecule has 2 aliphatic carbocycles. The molecule has 0 radical (unpaired) electrons. The first kappa shape index (κ1) is 108. The van der Waals surface area contributed by atoms with Crippen LogP contribution in [-0.4, -0.2) is 270 Å². The standard InChI is InChI=1S/C16H25NO7S.C16H30O4.C14H21NO6S.C14H22O4S.C8H12N3O3PS.C8H12O5S.C2H4O2S/c1-10(18)22-12-9-25-13(23-12)8-21-14(19)11-6-5-7-17(11)15(20)24-16(2,3)4;1-6-18-16(19-7-2)15(17)20-14-10-13(11(3)4)9-8-12(14)5;1-14(2,3)21-13(18)15-6-4-5-9(15)12(17)19-7-11-20-10(16)8-22-11;1-8(2)10-5-4-9(3)11(6-10)17-13(16)14-18-12(15)7-19-14;9-7-4(15)1-11(8(13)10-7)5-3-16-6(2-12)14-5;1-5(9)11-3-8-13-7(4-14-8)12-6(2)10;3-2(4)1-5/h11-13H,5-9H2,1-4H3;11-14,16H,6-10H2,1-5H3;9,11H,4-8H2,1-3H3;8-11,14H,4-7H2,1-3H3;1,5-6,12H,2-3,15H2,(H2,9,10,13);7-8H,3-4H2,1-2H3;5H,1H2,(H,3,4). The number of nitrogen functional groups attached to an aromatic ring is 1. The van der Waals surface area contributed by atoms with Crippen molar-refractivity contribution in [1.82, 2.24) is 19.4 Å². The first-order valence-corrected chi connectivity index (χ1v) is 46.7. The number of thiol groups is 1. The van der Waals surface area contributed by atoms with Crippen molar-refractivity contribution < 1.29 is 144 Å². The van der Waals surface area contributed by atoms with Gasteiger partial charge in [0, 0.05) is 64.3 Å². The highest BCUT2D eigenvalue weighted by Gasteiger charge is 2.43. The Bertz CT molecular complexity index is 3550. The SMILES string of the molecule is CC(=O)OC1CSC(COC(=O)C2CCCN2C(=O)OC(C)(C)C)O1.CC(=O)OCC1OC(OC(C)=O)CS1.CC(C)(C)OC(=O)N1CCCC1C(=O)OCC1OC(=O)CS1.CC(C)C1CCC(C)C(OC(=O)C2OC(=O)CS2)C1.CCOC(OCC)C(=O)OC1CC(C(C)C)CCC1C.Nc1nc(=O)n(C2CSC(CO)O2)cc1P.O=C(O)CS. The number of hydrogen-bond acceptors (Lipinski definition) is 38. The Kier molecular flexibility index (Phi) is 48.2. The van der Waals surface area contributed by atoms with Crippen molar-refractivity contribution in [3.8, 4) is 0 Å². The third-order valence-electron chi connectivity index (χ3n) is 18.8. The molecule has 43 heteroatoms. The molecule has 690 valence electrons. The van der Waals surface area contributed by atoms with Gasteiger partial charge in [-0.2, -0.15) is 17.6 Å². The Labute approximate surface area is 737 Å². The second kappa shape index (κ2) is 54.3. The smallest absolute Gasteiger partial charge is 0.411 e. The van der Waals surface area contributed by atoms with Crippen LogP contribution in [0.2, 0.25) is 0 Å². The number of aliphatic hydroxyl groups excluding tert-OH is 1. The van der Waals surface area contributed by atoms with E-state index in [1.807, 2.05) is 13.8 Å². The van der Waals surface area contributed by atoms with E-state index in [0.29, 0.717) is 97.2 Å².